The number of fused-ring (bicyclic) bond motifs is 2. The molecule has 2 saturated carbocycles. The maximum absolute atomic E-state index is 12.6. The number of nitrogens with zero attached hydrogens (tertiary/aromatic N) is 1. The molecule has 3 heteroatoms. The van der Waals surface area contributed by atoms with Crippen LogP contribution in [0.4, 0.5) is 0 Å². The summed E-state index contributed by atoms with van der Waals surface area (Å²) in [5.41, 5.74) is 0. The van der Waals surface area contributed by atoms with Gasteiger partial charge in [-0.3, -0.25) is 4.79 Å². The lowest BCUT2D eigenvalue weighted by Gasteiger charge is -2.28. The monoisotopic (exact) mass is 327 g/mol. The number of alkyl halides is 1. The van der Waals surface area contributed by atoms with E-state index in [0.717, 1.165) is 36.0 Å². The highest BCUT2D eigenvalue weighted by Gasteiger charge is 2.41. The Morgan fingerprint density at radius 1 is 1.21 bits per heavy atom. The van der Waals surface area contributed by atoms with Crippen molar-refractivity contribution in [1.82, 2.24) is 4.90 Å². The van der Waals surface area contributed by atoms with Gasteiger partial charge in [-0.15, -0.1) is 0 Å². The molecule has 0 aromatic heterocycles. The fourth-order valence-corrected chi connectivity index (χ4v) is 5.07. The molecule has 3 aliphatic rings. The second-order valence-electron chi connectivity index (χ2n) is 6.85. The fourth-order valence-electron chi connectivity index (χ4n) is 4.74. The third-order valence-corrected chi connectivity index (χ3v) is 6.25. The maximum Gasteiger partial charge on any atom is 0.223 e. The van der Waals surface area contributed by atoms with Crippen LogP contribution < -0.4 is 0 Å². The van der Waals surface area contributed by atoms with Crippen LogP contribution in [0.5, 0.6) is 0 Å². The summed E-state index contributed by atoms with van der Waals surface area (Å²) in [6.45, 7) is 1.02. The summed E-state index contributed by atoms with van der Waals surface area (Å²) in [5.74, 6) is 3.04. The Labute approximate surface area is 125 Å². The molecule has 4 unspecified atom stereocenters. The van der Waals surface area contributed by atoms with Crippen LogP contribution >= 0.6 is 15.9 Å². The molecular weight excluding hydrogens is 302 g/mol. The predicted octanol–water partition coefficient (Wildman–Crippen LogP) is 3.98. The first-order valence-corrected chi connectivity index (χ1v) is 9.25. The van der Waals surface area contributed by atoms with Gasteiger partial charge in [0.2, 0.25) is 5.91 Å². The Balaban J connectivity index is 1.51. The fraction of sp³-hybridized carbons (Fsp3) is 0.938. The molecule has 108 valence electrons. The number of hydrogen-bond acceptors (Lipinski definition) is 1. The van der Waals surface area contributed by atoms with Crippen LogP contribution in [0.15, 0.2) is 0 Å². The Morgan fingerprint density at radius 2 is 2.11 bits per heavy atom. The van der Waals surface area contributed by atoms with E-state index in [-0.39, 0.29) is 0 Å². The molecule has 0 aromatic rings. The van der Waals surface area contributed by atoms with Gasteiger partial charge in [-0.05, 0) is 62.7 Å². The van der Waals surface area contributed by atoms with Gasteiger partial charge < -0.3 is 4.90 Å². The van der Waals surface area contributed by atoms with E-state index in [0.29, 0.717) is 11.9 Å². The minimum Gasteiger partial charge on any atom is -0.340 e. The van der Waals surface area contributed by atoms with Crippen LogP contribution in [0.25, 0.3) is 0 Å². The average Bonchev–Trinajstić information content (AvgIpc) is 3.11. The first kappa shape index (κ1) is 13.9. The molecule has 1 amide bonds. The zero-order valence-electron chi connectivity index (χ0n) is 11.8. The highest BCUT2D eigenvalue weighted by Crippen LogP contribution is 2.49. The summed E-state index contributed by atoms with van der Waals surface area (Å²) in [6, 6.07) is 0.545. The van der Waals surface area contributed by atoms with Crippen molar-refractivity contribution in [2.24, 2.45) is 17.8 Å². The van der Waals surface area contributed by atoms with Crippen molar-refractivity contribution < 1.29 is 4.79 Å². The summed E-state index contributed by atoms with van der Waals surface area (Å²) in [4.78, 5) is 14.8. The molecule has 2 nitrogen and oxygen atoms in total. The molecule has 1 heterocycles. The number of likely N-dealkylation sites (tertiary alicyclic amines) is 1. The second-order valence-corrected chi connectivity index (χ2v) is 7.65. The quantitative estimate of drug-likeness (QED) is 0.699. The topological polar surface area (TPSA) is 20.3 Å². The van der Waals surface area contributed by atoms with Gasteiger partial charge in [0.15, 0.2) is 0 Å². The molecule has 3 fully saturated rings. The lowest BCUT2D eigenvalue weighted by Crippen LogP contribution is -2.37. The van der Waals surface area contributed by atoms with E-state index >= 15 is 0 Å². The van der Waals surface area contributed by atoms with Crippen molar-refractivity contribution >= 4 is 21.8 Å². The number of hydrogen-bond donors (Lipinski definition) is 0. The summed E-state index contributed by atoms with van der Waals surface area (Å²) in [6.07, 6.45) is 11.3. The molecule has 0 aromatic carbocycles. The smallest absolute Gasteiger partial charge is 0.223 e. The van der Waals surface area contributed by atoms with Crippen molar-refractivity contribution in [2.45, 2.75) is 63.8 Å². The van der Waals surface area contributed by atoms with E-state index in [4.69, 9.17) is 0 Å². The number of amides is 1. The van der Waals surface area contributed by atoms with Crippen LogP contribution in [0.3, 0.4) is 0 Å². The summed E-state index contributed by atoms with van der Waals surface area (Å²) in [5, 5.41) is 1.07. The Bertz CT molecular complexity index is 333. The van der Waals surface area contributed by atoms with Crippen molar-refractivity contribution in [3.8, 4) is 0 Å². The van der Waals surface area contributed by atoms with Crippen molar-refractivity contribution in [1.29, 1.82) is 0 Å². The largest absolute Gasteiger partial charge is 0.340 e. The minimum absolute atomic E-state index is 0.467. The maximum atomic E-state index is 12.6. The van der Waals surface area contributed by atoms with Crippen LogP contribution in [0.2, 0.25) is 0 Å². The van der Waals surface area contributed by atoms with Crippen LogP contribution in [0.1, 0.15) is 57.8 Å². The molecule has 1 saturated heterocycles. The molecule has 4 atom stereocenters. The standard InChI is InChI=1S/C16H26BrNO/c17-7-1-3-15-4-2-8-18(15)16(19)11-14-10-12-5-6-13(14)9-12/h12-15H,1-11H2. The number of carbonyl (C=O) groups is 1. The van der Waals surface area contributed by atoms with Crippen molar-refractivity contribution in [2.75, 3.05) is 11.9 Å². The van der Waals surface area contributed by atoms with Gasteiger partial charge >= 0.3 is 0 Å². The van der Waals surface area contributed by atoms with Crippen LogP contribution in [-0.2, 0) is 4.79 Å². The number of halogens is 1. The molecule has 1 aliphatic heterocycles. The van der Waals surface area contributed by atoms with E-state index in [1.165, 1.54) is 51.4 Å². The third kappa shape index (κ3) is 3.01. The molecule has 2 bridgehead atoms. The van der Waals surface area contributed by atoms with Gasteiger partial charge in [-0.2, -0.15) is 0 Å². The van der Waals surface area contributed by atoms with E-state index in [9.17, 15) is 4.79 Å². The van der Waals surface area contributed by atoms with E-state index < -0.39 is 0 Å². The first-order chi connectivity index (χ1) is 9.28. The Hall–Kier alpha value is -0.0500. The van der Waals surface area contributed by atoms with Gasteiger partial charge in [0.1, 0.15) is 0 Å². The lowest BCUT2D eigenvalue weighted by molar-refractivity contribution is -0.133. The predicted molar refractivity (Wildman–Crippen MR) is 81.3 cm³/mol. The van der Waals surface area contributed by atoms with Crippen LogP contribution in [-0.4, -0.2) is 28.7 Å². The van der Waals surface area contributed by atoms with Gasteiger partial charge in [-0.1, -0.05) is 22.4 Å². The van der Waals surface area contributed by atoms with E-state index in [2.05, 4.69) is 20.8 Å². The average molecular weight is 328 g/mol. The molecule has 3 rings (SSSR count). The van der Waals surface area contributed by atoms with Gasteiger partial charge in [-0.25, -0.2) is 0 Å². The van der Waals surface area contributed by atoms with Crippen molar-refractivity contribution in [3.05, 3.63) is 0 Å². The minimum atomic E-state index is 0.467. The number of rotatable bonds is 5. The molecule has 0 N–H and O–H groups in total. The molecule has 19 heavy (non-hydrogen) atoms. The summed E-state index contributed by atoms with van der Waals surface area (Å²) < 4.78 is 0. The second kappa shape index (κ2) is 6.15. The van der Waals surface area contributed by atoms with Gasteiger partial charge in [0.25, 0.3) is 0 Å². The van der Waals surface area contributed by atoms with Crippen LogP contribution in [0, 0.1) is 17.8 Å². The highest BCUT2D eigenvalue weighted by atomic mass is 79.9. The Kier molecular flexibility index (Phi) is 4.51. The van der Waals surface area contributed by atoms with Crippen molar-refractivity contribution in [3.63, 3.8) is 0 Å². The third-order valence-electron chi connectivity index (χ3n) is 5.69. The van der Waals surface area contributed by atoms with E-state index in [1.807, 2.05) is 0 Å². The first-order valence-electron chi connectivity index (χ1n) is 8.13. The summed E-state index contributed by atoms with van der Waals surface area (Å²) in [7, 11) is 0. The summed E-state index contributed by atoms with van der Waals surface area (Å²) >= 11 is 3.50. The zero-order valence-corrected chi connectivity index (χ0v) is 13.4. The molecular formula is C16H26BrNO. The SMILES string of the molecule is O=C(CC1CC2CCC1C2)N1CCCC1CCCBr. The molecule has 0 spiro atoms. The van der Waals surface area contributed by atoms with E-state index in [1.54, 1.807) is 0 Å². The normalized spacial score (nSPS) is 37.2. The lowest BCUT2D eigenvalue weighted by atomic mass is 9.86. The van der Waals surface area contributed by atoms with Gasteiger partial charge in [0.05, 0.1) is 0 Å². The zero-order chi connectivity index (χ0) is 13.2. The molecule has 2 aliphatic carbocycles. The van der Waals surface area contributed by atoms with Gasteiger partial charge in [0, 0.05) is 24.3 Å². The molecule has 0 radical (unpaired) electrons. The number of carbonyl (C=O) groups excluding carboxylic acids is 1. The Morgan fingerprint density at radius 3 is 2.79 bits per heavy atom. The highest BCUT2D eigenvalue weighted by molar-refractivity contribution is 9.09.